The van der Waals surface area contributed by atoms with Crippen LogP contribution in [0, 0.1) is 23.1 Å². The van der Waals surface area contributed by atoms with E-state index >= 15 is 0 Å². The highest BCUT2D eigenvalue weighted by atomic mass is 19.1. The van der Waals surface area contributed by atoms with Crippen molar-refractivity contribution in [3.8, 4) is 6.07 Å². The Morgan fingerprint density at radius 2 is 2.12 bits per heavy atom. The molecule has 0 amide bonds. The Morgan fingerprint density at radius 1 is 1.41 bits per heavy atom. The fourth-order valence-electron chi connectivity index (χ4n) is 2.47. The molecule has 0 aliphatic carbocycles. The molecule has 90 valence electrons. The van der Waals surface area contributed by atoms with E-state index in [9.17, 15) is 9.65 Å². The normalized spacial score (nSPS) is 23.0. The van der Waals surface area contributed by atoms with E-state index in [2.05, 4.69) is 17.9 Å². The molecule has 1 aromatic carbocycles. The monoisotopic (exact) mass is 232 g/mol. The second-order valence-corrected chi connectivity index (χ2v) is 4.83. The Balaban J connectivity index is 2.16. The van der Waals surface area contributed by atoms with E-state index in [1.807, 2.05) is 0 Å². The molecule has 2 nitrogen and oxygen atoms in total. The van der Waals surface area contributed by atoms with Gasteiger partial charge in [-0.2, -0.15) is 5.26 Å². The quantitative estimate of drug-likeness (QED) is 0.783. The molecule has 2 rings (SSSR count). The molecule has 1 saturated heterocycles. The summed E-state index contributed by atoms with van der Waals surface area (Å²) < 4.78 is 12.9. The Morgan fingerprint density at radius 3 is 2.71 bits per heavy atom. The average Bonchev–Trinajstić information content (AvgIpc) is 2.33. The topological polar surface area (TPSA) is 27.0 Å². The molecule has 0 bridgehead atoms. The summed E-state index contributed by atoms with van der Waals surface area (Å²) in [5.41, 5.74) is 0.892. The Kier molecular flexibility index (Phi) is 3.75. The smallest absolute Gasteiger partial charge is 0.123 e. The van der Waals surface area contributed by atoms with Gasteiger partial charge in [0.15, 0.2) is 0 Å². The number of hydrogen-bond acceptors (Lipinski definition) is 2. The molecular weight excluding hydrogens is 215 g/mol. The first-order valence-corrected chi connectivity index (χ1v) is 6.10. The molecule has 17 heavy (non-hydrogen) atoms. The van der Waals surface area contributed by atoms with E-state index in [1.165, 1.54) is 18.6 Å². The molecule has 0 saturated carbocycles. The van der Waals surface area contributed by atoms with Crippen LogP contribution in [0.1, 0.15) is 31.4 Å². The van der Waals surface area contributed by atoms with Gasteiger partial charge in [-0.25, -0.2) is 4.39 Å². The Hall–Kier alpha value is -1.40. The fraction of sp³-hybridized carbons (Fsp3) is 0.500. The molecule has 1 aliphatic rings. The second kappa shape index (κ2) is 5.29. The van der Waals surface area contributed by atoms with Crippen molar-refractivity contribution in [3.05, 3.63) is 35.6 Å². The van der Waals surface area contributed by atoms with Crippen molar-refractivity contribution < 1.29 is 4.39 Å². The standard InChI is InChI=1S/C14H17FN2/c1-11-3-2-8-17(10-11)14(9-16)12-4-6-13(15)7-5-12/h4-7,11,14H,2-3,8,10H2,1H3. The van der Waals surface area contributed by atoms with E-state index in [1.54, 1.807) is 12.1 Å². The minimum absolute atomic E-state index is 0.238. The predicted molar refractivity (Wildman–Crippen MR) is 64.7 cm³/mol. The number of piperidine rings is 1. The minimum atomic E-state index is -0.252. The van der Waals surface area contributed by atoms with E-state index < -0.39 is 0 Å². The van der Waals surface area contributed by atoms with Crippen LogP contribution >= 0.6 is 0 Å². The van der Waals surface area contributed by atoms with Crippen molar-refractivity contribution in [2.45, 2.75) is 25.8 Å². The van der Waals surface area contributed by atoms with Gasteiger partial charge < -0.3 is 0 Å². The van der Waals surface area contributed by atoms with Crippen LogP contribution in [-0.4, -0.2) is 18.0 Å². The molecule has 1 heterocycles. The zero-order chi connectivity index (χ0) is 12.3. The van der Waals surface area contributed by atoms with Crippen molar-refractivity contribution >= 4 is 0 Å². The lowest BCUT2D eigenvalue weighted by atomic mass is 9.97. The van der Waals surface area contributed by atoms with Gasteiger partial charge in [-0.3, -0.25) is 4.90 Å². The molecule has 1 fully saturated rings. The molecule has 0 radical (unpaired) electrons. The van der Waals surface area contributed by atoms with Crippen LogP contribution in [-0.2, 0) is 0 Å². The highest BCUT2D eigenvalue weighted by Crippen LogP contribution is 2.26. The van der Waals surface area contributed by atoms with Crippen LogP contribution in [0.4, 0.5) is 4.39 Å². The van der Waals surface area contributed by atoms with Gasteiger partial charge >= 0.3 is 0 Å². The Bertz CT molecular complexity index is 407. The van der Waals surface area contributed by atoms with Gasteiger partial charge in [-0.15, -0.1) is 0 Å². The number of nitrogens with zero attached hydrogens (tertiary/aromatic N) is 2. The first-order valence-electron chi connectivity index (χ1n) is 6.10. The second-order valence-electron chi connectivity index (χ2n) is 4.83. The number of hydrogen-bond donors (Lipinski definition) is 0. The van der Waals surface area contributed by atoms with Crippen LogP contribution < -0.4 is 0 Å². The summed E-state index contributed by atoms with van der Waals surface area (Å²) in [6.45, 7) is 4.13. The summed E-state index contributed by atoms with van der Waals surface area (Å²) in [6, 6.07) is 8.36. The number of nitriles is 1. The summed E-state index contributed by atoms with van der Waals surface area (Å²) in [5, 5.41) is 9.30. The molecule has 2 atom stereocenters. The van der Waals surface area contributed by atoms with Crippen LogP contribution in [0.5, 0.6) is 0 Å². The van der Waals surface area contributed by atoms with Crippen LogP contribution in [0.3, 0.4) is 0 Å². The highest BCUT2D eigenvalue weighted by molar-refractivity contribution is 5.24. The minimum Gasteiger partial charge on any atom is -0.284 e. The molecule has 2 unspecified atom stereocenters. The molecule has 0 aromatic heterocycles. The van der Waals surface area contributed by atoms with Crippen LogP contribution in [0.15, 0.2) is 24.3 Å². The highest BCUT2D eigenvalue weighted by Gasteiger charge is 2.24. The third-order valence-electron chi connectivity index (χ3n) is 3.36. The van der Waals surface area contributed by atoms with Crippen molar-refractivity contribution in [3.63, 3.8) is 0 Å². The number of benzene rings is 1. The van der Waals surface area contributed by atoms with E-state index in [0.717, 1.165) is 25.1 Å². The van der Waals surface area contributed by atoms with Gasteiger partial charge in [0.1, 0.15) is 11.9 Å². The van der Waals surface area contributed by atoms with Crippen molar-refractivity contribution in [2.24, 2.45) is 5.92 Å². The van der Waals surface area contributed by atoms with Crippen molar-refractivity contribution in [1.82, 2.24) is 4.90 Å². The number of likely N-dealkylation sites (tertiary alicyclic amines) is 1. The van der Waals surface area contributed by atoms with Crippen molar-refractivity contribution in [1.29, 1.82) is 5.26 Å². The van der Waals surface area contributed by atoms with Gasteiger partial charge in [0, 0.05) is 6.54 Å². The lowest BCUT2D eigenvalue weighted by Crippen LogP contribution is -2.36. The number of halogens is 1. The largest absolute Gasteiger partial charge is 0.284 e. The molecule has 1 aliphatic heterocycles. The van der Waals surface area contributed by atoms with Gasteiger partial charge in [-0.05, 0) is 43.0 Å². The van der Waals surface area contributed by atoms with Gasteiger partial charge in [0.2, 0.25) is 0 Å². The molecule has 0 spiro atoms. The summed E-state index contributed by atoms with van der Waals surface area (Å²) >= 11 is 0. The third kappa shape index (κ3) is 2.83. The Labute approximate surface area is 102 Å². The third-order valence-corrected chi connectivity index (χ3v) is 3.36. The average molecular weight is 232 g/mol. The summed E-state index contributed by atoms with van der Waals surface area (Å²) in [7, 11) is 0. The first kappa shape index (κ1) is 12.1. The van der Waals surface area contributed by atoms with Crippen LogP contribution in [0.25, 0.3) is 0 Å². The molecular formula is C14H17FN2. The summed E-state index contributed by atoms with van der Waals surface area (Å²) in [5.74, 6) is 0.387. The maximum absolute atomic E-state index is 12.9. The predicted octanol–water partition coefficient (Wildman–Crippen LogP) is 3.12. The zero-order valence-corrected chi connectivity index (χ0v) is 10.1. The van der Waals surface area contributed by atoms with Gasteiger partial charge in [0.25, 0.3) is 0 Å². The van der Waals surface area contributed by atoms with Gasteiger partial charge in [-0.1, -0.05) is 19.1 Å². The summed E-state index contributed by atoms with van der Waals surface area (Å²) in [6.07, 6.45) is 2.37. The number of rotatable bonds is 2. The van der Waals surface area contributed by atoms with Crippen LogP contribution in [0.2, 0.25) is 0 Å². The fourth-order valence-corrected chi connectivity index (χ4v) is 2.47. The lowest BCUT2D eigenvalue weighted by Gasteiger charge is -2.34. The molecule has 1 aromatic rings. The molecule has 0 N–H and O–H groups in total. The maximum atomic E-state index is 12.9. The van der Waals surface area contributed by atoms with Crippen molar-refractivity contribution in [2.75, 3.05) is 13.1 Å². The lowest BCUT2D eigenvalue weighted by molar-refractivity contribution is 0.156. The van der Waals surface area contributed by atoms with E-state index in [0.29, 0.717) is 5.92 Å². The van der Waals surface area contributed by atoms with E-state index in [4.69, 9.17) is 0 Å². The SMILES string of the molecule is CC1CCCN(C(C#N)c2ccc(F)cc2)C1. The zero-order valence-electron chi connectivity index (χ0n) is 10.1. The summed E-state index contributed by atoms with van der Waals surface area (Å²) in [4.78, 5) is 2.20. The first-order chi connectivity index (χ1) is 8.20. The molecule has 3 heteroatoms. The maximum Gasteiger partial charge on any atom is 0.123 e. The van der Waals surface area contributed by atoms with Gasteiger partial charge in [0.05, 0.1) is 6.07 Å². The van der Waals surface area contributed by atoms with E-state index in [-0.39, 0.29) is 11.9 Å².